The van der Waals surface area contributed by atoms with E-state index in [1.807, 2.05) is 0 Å². The van der Waals surface area contributed by atoms with Gasteiger partial charge in [0.15, 0.2) is 11.5 Å². The Labute approximate surface area is 400 Å². The van der Waals surface area contributed by atoms with Crippen molar-refractivity contribution < 1.29 is 103 Å². The Hall–Kier alpha value is -7.63. The van der Waals surface area contributed by atoms with Crippen LogP contribution in [0.25, 0.3) is 21.5 Å². The monoisotopic (exact) mass is 1120 g/mol. The number of hydrogen-bond donors (Lipinski definition) is 10. The van der Waals surface area contributed by atoms with Crippen molar-refractivity contribution in [3.05, 3.63) is 81.9 Å². The van der Waals surface area contributed by atoms with Crippen LogP contribution in [0.4, 0.5) is 45.5 Å². The van der Waals surface area contributed by atoms with Crippen LogP contribution >= 0.6 is 0 Å². The lowest BCUT2D eigenvalue weighted by atomic mass is 10.0. The van der Waals surface area contributed by atoms with Gasteiger partial charge in [0, 0.05) is 28.3 Å². The Morgan fingerprint density at radius 1 is 0.528 bits per heavy atom. The quantitative estimate of drug-likeness (QED) is 0.0208. The fraction of sp³-hybridized carbons (Fsp3) is 0.0294. The third kappa shape index (κ3) is 10.5. The van der Waals surface area contributed by atoms with Crippen LogP contribution in [-0.2, 0) is 60.7 Å². The van der Waals surface area contributed by atoms with Crippen LogP contribution in [0.3, 0.4) is 0 Å². The minimum Gasteiger partial charge on any atom is -0.505 e. The molecule has 380 valence electrons. The number of benzene rings is 6. The van der Waals surface area contributed by atoms with Crippen LogP contribution in [0, 0.1) is 17.0 Å². The van der Waals surface area contributed by atoms with Gasteiger partial charge in [0.05, 0.1) is 26.5 Å². The SMILES string of the molecule is Cc1cc(S(=O)(=O)O)cc(S(=O)(=O)O)c1N=Nc1c(S(=O)(=O)O)cc2c(S(=O)(=O)O)c(N=Nc3cc(S(=O)(=O)O)c4cc(S(=O)(=O)O)c(N=Nc5ccc([N+](=O)[O-])cc5C(=O)O)c(O)c4c3N)ccc2c1O. The number of nitrogen functional groups attached to an aromatic ring is 1. The molecule has 0 aliphatic rings. The second-order valence-corrected chi connectivity index (χ2v) is 22.5. The normalized spacial score (nSPS) is 13.3. The van der Waals surface area contributed by atoms with E-state index in [2.05, 4.69) is 30.7 Å². The molecular formula is C34H24N8O24S6. The second-order valence-electron chi connectivity index (χ2n) is 14.2. The maximum atomic E-state index is 13.0. The molecule has 0 amide bonds. The van der Waals surface area contributed by atoms with Gasteiger partial charge in [-0.15, -0.1) is 30.7 Å². The first kappa shape index (κ1) is 53.7. The van der Waals surface area contributed by atoms with Gasteiger partial charge >= 0.3 is 5.97 Å². The van der Waals surface area contributed by atoms with E-state index in [9.17, 15) is 108 Å². The summed E-state index contributed by atoms with van der Waals surface area (Å²) in [7, 11) is -33.3. The number of nitro benzene ring substituents is 1. The molecule has 72 heavy (non-hydrogen) atoms. The van der Waals surface area contributed by atoms with Crippen molar-refractivity contribution in [2.24, 2.45) is 30.7 Å². The fourth-order valence-corrected chi connectivity index (χ4v) is 10.7. The summed E-state index contributed by atoms with van der Waals surface area (Å²) in [5, 5.41) is 60.7. The summed E-state index contributed by atoms with van der Waals surface area (Å²) in [5.41, 5.74) is -3.22. The number of fused-ring (bicyclic) bond motifs is 2. The highest BCUT2D eigenvalue weighted by Gasteiger charge is 2.31. The van der Waals surface area contributed by atoms with Crippen molar-refractivity contribution >= 4 is 134 Å². The second kappa shape index (κ2) is 18.2. The summed E-state index contributed by atoms with van der Waals surface area (Å²) in [6.45, 7) is 0.976. The van der Waals surface area contributed by atoms with E-state index >= 15 is 0 Å². The number of phenols is 2. The van der Waals surface area contributed by atoms with E-state index in [1.54, 1.807) is 0 Å². The van der Waals surface area contributed by atoms with Crippen LogP contribution in [0.5, 0.6) is 11.5 Å². The average molecular weight is 1120 g/mol. The molecule has 0 saturated heterocycles. The van der Waals surface area contributed by atoms with Gasteiger partial charge in [-0.1, -0.05) is 0 Å². The Balaban J connectivity index is 1.61. The first-order chi connectivity index (χ1) is 32.8. The lowest BCUT2D eigenvalue weighted by Gasteiger charge is -2.15. The van der Waals surface area contributed by atoms with Gasteiger partial charge in [-0.3, -0.25) is 37.4 Å². The maximum Gasteiger partial charge on any atom is 0.338 e. The molecule has 6 aromatic rings. The number of nitrogens with two attached hydrogens (primary N) is 1. The Kier molecular flexibility index (Phi) is 13.6. The molecule has 0 aliphatic carbocycles. The molecule has 6 aromatic carbocycles. The number of phenolic OH excluding ortho intramolecular Hbond substituents is 2. The highest BCUT2D eigenvalue weighted by Crippen LogP contribution is 2.50. The van der Waals surface area contributed by atoms with Crippen LogP contribution in [0.1, 0.15) is 15.9 Å². The van der Waals surface area contributed by atoms with Crippen molar-refractivity contribution in [3.8, 4) is 11.5 Å². The smallest absolute Gasteiger partial charge is 0.338 e. The predicted molar refractivity (Wildman–Crippen MR) is 238 cm³/mol. The topological polar surface area (TPSA) is 547 Å². The number of azo groups is 3. The van der Waals surface area contributed by atoms with Crippen LogP contribution < -0.4 is 5.73 Å². The average Bonchev–Trinajstić information content (AvgIpc) is 3.22. The van der Waals surface area contributed by atoms with E-state index in [0.29, 0.717) is 24.3 Å². The molecule has 0 saturated carbocycles. The molecule has 0 fully saturated rings. The van der Waals surface area contributed by atoms with Gasteiger partial charge in [-0.05, 0) is 61.0 Å². The van der Waals surface area contributed by atoms with E-state index in [0.717, 1.165) is 25.1 Å². The summed E-state index contributed by atoms with van der Waals surface area (Å²) >= 11 is 0. The van der Waals surface area contributed by atoms with Gasteiger partial charge in [-0.2, -0.15) is 50.5 Å². The molecule has 0 aliphatic heterocycles. The number of non-ortho nitro benzene ring substituents is 1. The van der Waals surface area contributed by atoms with Gasteiger partial charge in [-0.25, -0.2) is 4.79 Å². The fourth-order valence-electron chi connectivity index (χ4n) is 6.52. The van der Waals surface area contributed by atoms with Gasteiger partial charge < -0.3 is 21.1 Å². The lowest BCUT2D eigenvalue weighted by Crippen LogP contribution is -2.05. The predicted octanol–water partition coefficient (Wildman–Crippen LogP) is 5.63. The maximum absolute atomic E-state index is 13.0. The number of aromatic hydroxyl groups is 2. The summed E-state index contributed by atoms with van der Waals surface area (Å²) in [6, 6.07) is 5.07. The van der Waals surface area contributed by atoms with Crippen molar-refractivity contribution in [3.63, 3.8) is 0 Å². The zero-order chi connectivity index (χ0) is 54.2. The number of nitro groups is 1. The molecule has 0 spiro atoms. The number of hydrogen-bond acceptors (Lipinski definition) is 24. The first-order valence-electron chi connectivity index (χ1n) is 18.0. The Morgan fingerprint density at radius 2 is 1.00 bits per heavy atom. The number of aryl methyl sites for hydroxylation is 1. The van der Waals surface area contributed by atoms with E-state index in [-0.39, 0.29) is 18.2 Å². The largest absolute Gasteiger partial charge is 0.505 e. The van der Waals surface area contributed by atoms with E-state index in [1.165, 1.54) is 0 Å². The van der Waals surface area contributed by atoms with Crippen LogP contribution in [0.15, 0.2) is 121 Å². The van der Waals surface area contributed by atoms with Crippen LogP contribution in [-0.4, -0.2) is 104 Å². The summed E-state index contributed by atoms with van der Waals surface area (Å²) in [5.74, 6) is -4.74. The zero-order valence-electron chi connectivity index (χ0n) is 34.6. The number of aromatic carboxylic acids is 1. The number of carboxylic acids is 1. The van der Waals surface area contributed by atoms with Crippen molar-refractivity contribution in [1.82, 2.24) is 0 Å². The standard InChI is InChI=1S/C34H24N8O24S6/c1-12-6-14(67(49,50)51)8-23(69(55,56)57)28(12)39-41-29-24(70(58,59)60)9-16-15(31(29)43)3-5-20(33(16)72(64,65)66)37-38-21-11-22(68(52,53)54)18-10-25(71(61,62)63)30(32(44)26(18)27(21)35)40-36-19-4-2-13(42(47)48)7-17(19)34(45)46/h2-11,43-44H,35H2,1H3,(H,45,46)(H,49,50,51)(H,52,53,54)(H,55,56,57)(H,58,59,60)(H,61,62,63)(H,64,65,66). The number of anilines is 1. The third-order valence-corrected chi connectivity index (χ3v) is 14.9. The van der Waals surface area contributed by atoms with Gasteiger partial charge in [0.25, 0.3) is 66.4 Å². The lowest BCUT2D eigenvalue weighted by molar-refractivity contribution is -0.384. The summed E-state index contributed by atoms with van der Waals surface area (Å²) in [6.07, 6.45) is 0. The molecule has 32 nitrogen and oxygen atoms in total. The van der Waals surface area contributed by atoms with Crippen molar-refractivity contribution in [2.45, 2.75) is 36.3 Å². The minimum absolute atomic E-state index is 0.220. The molecule has 0 heterocycles. The molecule has 6 rings (SSSR count). The van der Waals surface area contributed by atoms with Crippen molar-refractivity contribution in [1.29, 1.82) is 0 Å². The molecule has 38 heteroatoms. The number of rotatable bonds is 14. The molecule has 0 bridgehead atoms. The Morgan fingerprint density at radius 3 is 1.51 bits per heavy atom. The highest BCUT2D eigenvalue weighted by molar-refractivity contribution is 7.87. The summed E-state index contributed by atoms with van der Waals surface area (Å²) in [4.78, 5) is 13.8. The molecule has 0 atom stereocenters. The zero-order valence-corrected chi connectivity index (χ0v) is 39.5. The van der Waals surface area contributed by atoms with Gasteiger partial charge in [0.2, 0.25) is 0 Å². The first-order valence-corrected chi connectivity index (χ1v) is 26.7. The number of nitrogens with zero attached hydrogens (tertiary/aromatic N) is 7. The number of carboxylic acid groups (broad SMARTS) is 1. The molecule has 0 unspecified atom stereocenters. The summed E-state index contributed by atoms with van der Waals surface area (Å²) < 4.78 is 210. The Bertz CT molecular complexity index is 4260. The van der Waals surface area contributed by atoms with E-state index in [4.69, 9.17) is 5.73 Å². The van der Waals surface area contributed by atoms with Gasteiger partial charge in [0.1, 0.15) is 58.6 Å². The highest BCUT2D eigenvalue weighted by atomic mass is 32.2. The molecular weight excluding hydrogens is 1100 g/mol. The minimum atomic E-state index is -5.75. The number of carbonyl (C=O) groups is 1. The molecule has 0 radical (unpaired) electrons. The van der Waals surface area contributed by atoms with Crippen molar-refractivity contribution in [2.75, 3.05) is 5.73 Å². The third-order valence-electron chi connectivity index (χ3n) is 9.58. The van der Waals surface area contributed by atoms with Crippen LogP contribution in [0.2, 0.25) is 0 Å². The molecule has 11 N–H and O–H groups in total. The molecule has 0 aromatic heterocycles. The van der Waals surface area contributed by atoms with E-state index < -0.39 is 191 Å².